The molecule has 6 heteroatoms. The average Bonchev–Trinajstić information content (AvgIpc) is 2.27. The van der Waals surface area contributed by atoms with Crippen molar-refractivity contribution in [3.63, 3.8) is 0 Å². The minimum absolute atomic E-state index is 0. The molecule has 0 bridgehead atoms. The van der Waals surface area contributed by atoms with Gasteiger partial charge < -0.3 is 10.6 Å². The molecule has 1 aromatic carbocycles. The number of halogens is 3. The van der Waals surface area contributed by atoms with Gasteiger partial charge in [-0.15, -0.1) is 12.4 Å². The Morgan fingerprint density at radius 2 is 2.12 bits per heavy atom. The van der Waals surface area contributed by atoms with E-state index in [1.54, 1.807) is 6.07 Å². The maximum Gasteiger partial charge on any atom is 0.254 e. The second-order valence-electron chi connectivity index (χ2n) is 3.34. The molecule has 1 amide bonds. The second-order valence-corrected chi connectivity index (χ2v) is 4.25. The number of hydrogen-bond acceptors (Lipinski definition) is 2. The van der Waals surface area contributed by atoms with Crippen LogP contribution in [0.25, 0.3) is 0 Å². The fraction of sp³-hybridized carbons (Fsp3) is 0.364. The highest BCUT2D eigenvalue weighted by atomic mass is 79.9. The van der Waals surface area contributed by atoms with Crippen LogP contribution in [-0.2, 0) is 0 Å². The molecule has 2 N–H and O–H groups in total. The zero-order valence-electron chi connectivity index (χ0n) is 9.43. The molecule has 0 saturated carbocycles. The van der Waals surface area contributed by atoms with E-state index in [0.717, 1.165) is 13.0 Å². The van der Waals surface area contributed by atoms with Crippen molar-refractivity contribution in [2.45, 2.75) is 6.42 Å². The summed E-state index contributed by atoms with van der Waals surface area (Å²) in [6.45, 7) is 1.35. The van der Waals surface area contributed by atoms with Crippen LogP contribution < -0.4 is 10.6 Å². The Kier molecular flexibility index (Phi) is 8.12. The minimum Gasteiger partial charge on any atom is -0.352 e. The molecule has 1 rings (SSSR count). The summed E-state index contributed by atoms with van der Waals surface area (Å²) in [4.78, 5) is 11.6. The fourth-order valence-corrected chi connectivity index (χ4v) is 1.59. The Balaban J connectivity index is 0.00000256. The highest BCUT2D eigenvalue weighted by Gasteiger charge is 2.10. The second kappa shape index (κ2) is 8.44. The van der Waals surface area contributed by atoms with Crippen molar-refractivity contribution >= 4 is 34.2 Å². The molecule has 0 spiro atoms. The van der Waals surface area contributed by atoms with Gasteiger partial charge in [-0.2, -0.15) is 0 Å². The highest BCUT2D eigenvalue weighted by molar-refractivity contribution is 9.10. The number of carbonyl (C=O) groups is 1. The van der Waals surface area contributed by atoms with Gasteiger partial charge >= 0.3 is 0 Å². The Morgan fingerprint density at radius 1 is 1.41 bits per heavy atom. The molecule has 3 nitrogen and oxygen atoms in total. The number of benzene rings is 1. The lowest BCUT2D eigenvalue weighted by atomic mass is 10.2. The molecule has 0 fully saturated rings. The molecule has 17 heavy (non-hydrogen) atoms. The lowest BCUT2D eigenvalue weighted by molar-refractivity contribution is 0.0949. The molecule has 0 atom stereocenters. The van der Waals surface area contributed by atoms with Crippen LogP contribution in [0.15, 0.2) is 22.7 Å². The van der Waals surface area contributed by atoms with Gasteiger partial charge in [-0.3, -0.25) is 4.79 Å². The summed E-state index contributed by atoms with van der Waals surface area (Å²) in [5, 5.41) is 5.63. The first-order valence-corrected chi connectivity index (χ1v) is 5.82. The van der Waals surface area contributed by atoms with Crippen molar-refractivity contribution in [1.82, 2.24) is 10.6 Å². The molecule has 1 aromatic rings. The van der Waals surface area contributed by atoms with E-state index in [4.69, 9.17) is 0 Å². The van der Waals surface area contributed by atoms with E-state index in [1.807, 2.05) is 7.05 Å². The summed E-state index contributed by atoms with van der Waals surface area (Å²) in [5.41, 5.74) is 0.0684. The predicted molar refractivity (Wildman–Crippen MR) is 72.2 cm³/mol. The lowest BCUT2D eigenvalue weighted by Gasteiger charge is -2.06. The van der Waals surface area contributed by atoms with Gasteiger partial charge in [0.1, 0.15) is 5.82 Å². The number of hydrogen-bond donors (Lipinski definition) is 2. The summed E-state index contributed by atoms with van der Waals surface area (Å²) in [6, 6.07) is 4.31. The Labute approximate surface area is 115 Å². The molecule has 0 aliphatic rings. The van der Waals surface area contributed by atoms with Crippen molar-refractivity contribution in [2.75, 3.05) is 20.1 Å². The molecule has 0 aliphatic heterocycles. The van der Waals surface area contributed by atoms with Crippen LogP contribution in [-0.4, -0.2) is 26.0 Å². The Morgan fingerprint density at radius 3 is 2.76 bits per heavy atom. The molecule has 0 unspecified atom stereocenters. The van der Waals surface area contributed by atoms with E-state index in [1.165, 1.54) is 12.1 Å². The van der Waals surface area contributed by atoms with E-state index in [2.05, 4.69) is 26.6 Å². The minimum atomic E-state index is -0.505. The van der Waals surface area contributed by atoms with Gasteiger partial charge in [0.25, 0.3) is 5.91 Å². The Hall–Kier alpha value is -0.650. The molecular weight excluding hydrogens is 310 g/mol. The smallest absolute Gasteiger partial charge is 0.254 e. The molecule has 0 aliphatic carbocycles. The number of carbonyl (C=O) groups excluding carboxylic acids is 1. The number of rotatable bonds is 5. The largest absolute Gasteiger partial charge is 0.352 e. The number of nitrogens with one attached hydrogen (secondary N) is 2. The Bertz CT molecular complexity index is 376. The van der Waals surface area contributed by atoms with E-state index in [-0.39, 0.29) is 23.9 Å². The maximum atomic E-state index is 13.3. The van der Waals surface area contributed by atoms with Gasteiger partial charge in [0, 0.05) is 11.0 Å². The monoisotopic (exact) mass is 324 g/mol. The van der Waals surface area contributed by atoms with Crippen molar-refractivity contribution in [2.24, 2.45) is 0 Å². The average molecular weight is 326 g/mol. The summed E-state index contributed by atoms with van der Waals surface area (Å²) in [7, 11) is 1.84. The normalized spacial score (nSPS) is 9.59. The van der Waals surface area contributed by atoms with Gasteiger partial charge in [0.05, 0.1) is 5.56 Å². The van der Waals surface area contributed by atoms with Crippen LogP contribution >= 0.6 is 28.3 Å². The zero-order chi connectivity index (χ0) is 12.0. The van der Waals surface area contributed by atoms with Gasteiger partial charge in [-0.25, -0.2) is 4.39 Å². The summed E-state index contributed by atoms with van der Waals surface area (Å²) in [6.07, 6.45) is 0.817. The maximum absolute atomic E-state index is 13.3. The van der Waals surface area contributed by atoms with Crippen molar-refractivity contribution < 1.29 is 9.18 Å². The van der Waals surface area contributed by atoms with E-state index in [0.29, 0.717) is 11.0 Å². The number of amides is 1. The summed E-state index contributed by atoms with van der Waals surface area (Å²) >= 11 is 3.20. The van der Waals surface area contributed by atoms with Crippen LogP contribution in [0.2, 0.25) is 0 Å². The highest BCUT2D eigenvalue weighted by Crippen LogP contribution is 2.15. The van der Waals surface area contributed by atoms with Crippen LogP contribution in [0, 0.1) is 5.82 Å². The van der Waals surface area contributed by atoms with Crippen LogP contribution in [0.1, 0.15) is 16.8 Å². The van der Waals surface area contributed by atoms with Gasteiger partial charge in [0.15, 0.2) is 0 Å². The molecule has 0 heterocycles. The molecule has 0 aromatic heterocycles. The first-order chi connectivity index (χ1) is 7.65. The lowest BCUT2D eigenvalue weighted by Crippen LogP contribution is -2.27. The van der Waals surface area contributed by atoms with Crippen molar-refractivity contribution in [3.05, 3.63) is 34.1 Å². The van der Waals surface area contributed by atoms with Gasteiger partial charge in [-0.05, 0) is 38.2 Å². The SMILES string of the molecule is CNCCCNC(=O)c1cc(Br)ccc1F.Cl. The van der Waals surface area contributed by atoms with Gasteiger partial charge in [0.2, 0.25) is 0 Å². The molecular formula is C11H15BrClFN2O. The van der Waals surface area contributed by atoms with E-state index in [9.17, 15) is 9.18 Å². The first-order valence-electron chi connectivity index (χ1n) is 5.03. The molecule has 96 valence electrons. The third kappa shape index (κ3) is 5.48. The topological polar surface area (TPSA) is 41.1 Å². The predicted octanol–water partition coefficient (Wildman–Crippen LogP) is 2.35. The quantitative estimate of drug-likeness (QED) is 0.816. The summed E-state index contributed by atoms with van der Waals surface area (Å²) < 4.78 is 14.0. The van der Waals surface area contributed by atoms with Gasteiger partial charge in [-0.1, -0.05) is 15.9 Å². The standard InChI is InChI=1S/C11H14BrFN2O.ClH/c1-14-5-2-6-15-11(16)9-7-8(12)3-4-10(9)13;/h3-4,7,14H,2,5-6H2,1H3,(H,15,16);1H. The van der Waals surface area contributed by atoms with Crippen LogP contribution in [0.4, 0.5) is 4.39 Å². The van der Waals surface area contributed by atoms with Crippen molar-refractivity contribution in [1.29, 1.82) is 0 Å². The van der Waals surface area contributed by atoms with Crippen molar-refractivity contribution in [3.8, 4) is 0 Å². The van der Waals surface area contributed by atoms with E-state index < -0.39 is 5.82 Å². The van der Waals surface area contributed by atoms with Crippen LogP contribution in [0.3, 0.4) is 0 Å². The third-order valence-electron chi connectivity index (χ3n) is 2.06. The molecule has 0 radical (unpaired) electrons. The van der Waals surface area contributed by atoms with Crippen LogP contribution in [0.5, 0.6) is 0 Å². The first kappa shape index (κ1) is 16.4. The zero-order valence-corrected chi connectivity index (χ0v) is 11.8. The summed E-state index contributed by atoms with van der Waals surface area (Å²) in [5.74, 6) is -0.885. The molecule has 0 saturated heterocycles. The van der Waals surface area contributed by atoms with E-state index >= 15 is 0 Å². The fourth-order valence-electron chi connectivity index (χ4n) is 1.23. The third-order valence-corrected chi connectivity index (χ3v) is 2.56.